The summed E-state index contributed by atoms with van der Waals surface area (Å²) in [4.78, 5) is 10.3. The molecular formula is C9H19NO3. The monoisotopic (exact) mass is 189 g/mol. The van der Waals surface area contributed by atoms with E-state index in [4.69, 9.17) is 15.6 Å². The van der Waals surface area contributed by atoms with Crippen LogP contribution in [0.25, 0.3) is 0 Å². The Bertz CT molecular complexity index is 148. The Labute approximate surface area is 79.1 Å². The normalized spacial score (nSPS) is 13.2. The fraction of sp³-hybridized carbons (Fsp3) is 0.889. The number of carbonyl (C=O) groups is 1. The SMILES string of the molecule is CC(C)CCOCC[C@H](N)C(=O)O. The van der Waals surface area contributed by atoms with E-state index < -0.39 is 12.0 Å². The van der Waals surface area contributed by atoms with Crippen molar-refractivity contribution in [1.29, 1.82) is 0 Å². The zero-order chi connectivity index (χ0) is 10.3. The maximum atomic E-state index is 10.3. The maximum absolute atomic E-state index is 10.3. The van der Waals surface area contributed by atoms with Crippen LogP contribution in [0.1, 0.15) is 26.7 Å². The van der Waals surface area contributed by atoms with Gasteiger partial charge in [0.2, 0.25) is 0 Å². The molecular weight excluding hydrogens is 170 g/mol. The van der Waals surface area contributed by atoms with Crippen molar-refractivity contribution in [3.8, 4) is 0 Å². The molecule has 1 atom stereocenters. The Morgan fingerprint density at radius 2 is 1.92 bits per heavy atom. The van der Waals surface area contributed by atoms with Crippen LogP contribution in [0.5, 0.6) is 0 Å². The first-order chi connectivity index (χ1) is 6.04. The molecule has 13 heavy (non-hydrogen) atoms. The number of hydrogen-bond acceptors (Lipinski definition) is 3. The Hall–Kier alpha value is -0.610. The number of aliphatic carboxylic acids is 1. The van der Waals surface area contributed by atoms with Gasteiger partial charge in [-0.2, -0.15) is 0 Å². The van der Waals surface area contributed by atoms with Crippen LogP contribution in [0, 0.1) is 5.92 Å². The van der Waals surface area contributed by atoms with Gasteiger partial charge in [0.05, 0.1) is 0 Å². The fourth-order valence-corrected chi connectivity index (χ4v) is 0.755. The number of nitrogens with two attached hydrogens (primary N) is 1. The predicted molar refractivity (Wildman–Crippen MR) is 50.5 cm³/mol. The van der Waals surface area contributed by atoms with Crippen LogP contribution < -0.4 is 5.73 Å². The summed E-state index contributed by atoms with van der Waals surface area (Å²) in [5.41, 5.74) is 5.28. The van der Waals surface area contributed by atoms with Crippen LogP contribution in [0.4, 0.5) is 0 Å². The average Bonchev–Trinajstić information content (AvgIpc) is 2.02. The summed E-state index contributed by atoms with van der Waals surface area (Å²) < 4.78 is 5.22. The first-order valence-corrected chi connectivity index (χ1v) is 4.60. The molecule has 0 aliphatic heterocycles. The van der Waals surface area contributed by atoms with E-state index in [2.05, 4.69) is 13.8 Å². The minimum Gasteiger partial charge on any atom is -0.480 e. The van der Waals surface area contributed by atoms with Gasteiger partial charge < -0.3 is 15.6 Å². The minimum atomic E-state index is -0.965. The highest BCUT2D eigenvalue weighted by Crippen LogP contribution is 1.99. The molecule has 0 radical (unpaired) electrons. The molecule has 4 nitrogen and oxygen atoms in total. The topological polar surface area (TPSA) is 72.5 Å². The van der Waals surface area contributed by atoms with Crippen molar-refractivity contribution in [3.63, 3.8) is 0 Å². The highest BCUT2D eigenvalue weighted by molar-refractivity contribution is 5.72. The molecule has 0 aromatic rings. The van der Waals surface area contributed by atoms with Crippen LogP contribution in [-0.2, 0) is 9.53 Å². The van der Waals surface area contributed by atoms with E-state index >= 15 is 0 Å². The lowest BCUT2D eigenvalue weighted by Gasteiger charge is -2.08. The molecule has 0 amide bonds. The summed E-state index contributed by atoms with van der Waals surface area (Å²) >= 11 is 0. The Morgan fingerprint density at radius 1 is 1.38 bits per heavy atom. The predicted octanol–water partition coefficient (Wildman–Crippen LogP) is 0.851. The van der Waals surface area contributed by atoms with Gasteiger partial charge in [0.15, 0.2) is 0 Å². The number of rotatable bonds is 7. The van der Waals surface area contributed by atoms with Crippen LogP contribution in [0.2, 0.25) is 0 Å². The van der Waals surface area contributed by atoms with E-state index in [1.807, 2.05) is 0 Å². The van der Waals surface area contributed by atoms with Gasteiger partial charge in [0.1, 0.15) is 6.04 Å². The largest absolute Gasteiger partial charge is 0.480 e. The highest BCUT2D eigenvalue weighted by Gasteiger charge is 2.10. The summed E-state index contributed by atoms with van der Waals surface area (Å²) in [6.07, 6.45) is 1.38. The van der Waals surface area contributed by atoms with Gasteiger partial charge in [-0.25, -0.2) is 0 Å². The maximum Gasteiger partial charge on any atom is 0.320 e. The van der Waals surface area contributed by atoms with Crippen molar-refractivity contribution in [2.45, 2.75) is 32.7 Å². The van der Waals surface area contributed by atoms with E-state index in [1.165, 1.54) is 0 Å². The van der Waals surface area contributed by atoms with E-state index in [9.17, 15) is 4.79 Å². The quantitative estimate of drug-likeness (QED) is 0.582. The second-order valence-corrected chi connectivity index (χ2v) is 3.53. The standard InChI is InChI=1S/C9H19NO3/c1-7(2)3-5-13-6-4-8(10)9(11)12/h7-8H,3-6,10H2,1-2H3,(H,11,12)/t8-/m0/s1. The zero-order valence-electron chi connectivity index (χ0n) is 8.32. The van der Waals surface area contributed by atoms with Crippen molar-refractivity contribution in [2.75, 3.05) is 13.2 Å². The van der Waals surface area contributed by atoms with Crippen molar-refractivity contribution >= 4 is 5.97 Å². The van der Waals surface area contributed by atoms with Crippen molar-refractivity contribution in [1.82, 2.24) is 0 Å². The van der Waals surface area contributed by atoms with Gasteiger partial charge >= 0.3 is 5.97 Å². The third kappa shape index (κ3) is 7.74. The van der Waals surface area contributed by atoms with Crippen LogP contribution in [0.15, 0.2) is 0 Å². The van der Waals surface area contributed by atoms with Gasteiger partial charge in [0, 0.05) is 13.2 Å². The van der Waals surface area contributed by atoms with Gasteiger partial charge in [-0.15, -0.1) is 0 Å². The highest BCUT2D eigenvalue weighted by atomic mass is 16.5. The second-order valence-electron chi connectivity index (χ2n) is 3.53. The summed E-state index contributed by atoms with van der Waals surface area (Å²) in [5, 5.41) is 8.45. The van der Waals surface area contributed by atoms with Gasteiger partial charge in [-0.1, -0.05) is 13.8 Å². The molecule has 78 valence electrons. The van der Waals surface area contributed by atoms with E-state index in [-0.39, 0.29) is 0 Å². The fourth-order valence-electron chi connectivity index (χ4n) is 0.755. The molecule has 0 fully saturated rings. The molecule has 0 spiro atoms. The molecule has 0 saturated heterocycles. The molecule has 4 heteroatoms. The lowest BCUT2D eigenvalue weighted by molar-refractivity contribution is -0.139. The van der Waals surface area contributed by atoms with Crippen LogP contribution >= 0.6 is 0 Å². The molecule has 3 N–H and O–H groups in total. The number of hydrogen-bond donors (Lipinski definition) is 2. The van der Waals surface area contributed by atoms with Gasteiger partial charge in [-0.3, -0.25) is 4.79 Å². The van der Waals surface area contributed by atoms with Crippen molar-refractivity contribution in [3.05, 3.63) is 0 Å². The lowest BCUT2D eigenvalue weighted by Crippen LogP contribution is -2.31. The van der Waals surface area contributed by atoms with Gasteiger partial charge in [-0.05, 0) is 18.8 Å². The molecule has 0 heterocycles. The molecule has 0 unspecified atom stereocenters. The van der Waals surface area contributed by atoms with Gasteiger partial charge in [0.25, 0.3) is 0 Å². The van der Waals surface area contributed by atoms with E-state index in [0.29, 0.717) is 25.6 Å². The lowest BCUT2D eigenvalue weighted by atomic mass is 10.1. The molecule has 0 aromatic heterocycles. The summed E-state index contributed by atoms with van der Waals surface area (Å²) in [6.45, 7) is 5.35. The first kappa shape index (κ1) is 12.4. The molecule has 0 aromatic carbocycles. The third-order valence-corrected chi connectivity index (χ3v) is 1.73. The Morgan fingerprint density at radius 3 is 2.38 bits per heavy atom. The molecule has 0 bridgehead atoms. The van der Waals surface area contributed by atoms with Crippen LogP contribution in [-0.4, -0.2) is 30.3 Å². The molecule has 0 aliphatic carbocycles. The molecule has 0 saturated carbocycles. The third-order valence-electron chi connectivity index (χ3n) is 1.73. The van der Waals surface area contributed by atoms with Crippen molar-refractivity contribution < 1.29 is 14.6 Å². The summed E-state index contributed by atoms with van der Waals surface area (Å²) in [7, 11) is 0. The number of ether oxygens (including phenoxy) is 1. The minimum absolute atomic E-state index is 0.382. The molecule has 0 aliphatic rings. The summed E-state index contributed by atoms with van der Waals surface area (Å²) in [6, 6.07) is -0.793. The van der Waals surface area contributed by atoms with E-state index in [1.54, 1.807) is 0 Å². The number of carboxylic acid groups (broad SMARTS) is 1. The average molecular weight is 189 g/mol. The Kier molecular flexibility index (Phi) is 6.54. The first-order valence-electron chi connectivity index (χ1n) is 4.60. The zero-order valence-corrected chi connectivity index (χ0v) is 8.32. The second kappa shape index (κ2) is 6.86. The van der Waals surface area contributed by atoms with Crippen molar-refractivity contribution in [2.24, 2.45) is 11.7 Å². The number of carboxylic acids is 1. The summed E-state index contributed by atoms with van der Waals surface area (Å²) in [5.74, 6) is -0.347. The van der Waals surface area contributed by atoms with Crippen LogP contribution in [0.3, 0.4) is 0 Å². The molecule has 0 rings (SSSR count). The smallest absolute Gasteiger partial charge is 0.320 e. The Balaban J connectivity index is 3.21. The van der Waals surface area contributed by atoms with E-state index in [0.717, 1.165) is 6.42 Å².